The largest absolute Gasteiger partial charge is 0.370 e. The number of Topliss-reactive ketones (excluding diaryl/α,β-unsaturated/α-hetero) is 1. The number of ketones is 1. The summed E-state index contributed by atoms with van der Waals surface area (Å²) < 4.78 is 5.61. The van der Waals surface area contributed by atoms with Gasteiger partial charge in [0, 0.05) is 10.9 Å². The van der Waals surface area contributed by atoms with E-state index in [1.807, 2.05) is 36.6 Å². The highest BCUT2D eigenvalue weighted by molar-refractivity contribution is 7.10. The van der Waals surface area contributed by atoms with E-state index in [4.69, 9.17) is 4.74 Å². The van der Waals surface area contributed by atoms with Crippen molar-refractivity contribution in [3.8, 4) is 17.3 Å². The number of carbonyl (C=O) groups is 1. The quantitative estimate of drug-likeness (QED) is 0.761. The molecule has 1 aliphatic carbocycles. The fourth-order valence-corrected chi connectivity index (χ4v) is 3.28. The van der Waals surface area contributed by atoms with E-state index in [2.05, 4.69) is 11.1 Å². The molecule has 4 nitrogen and oxygen atoms in total. The minimum atomic E-state index is -0.858. The summed E-state index contributed by atoms with van der Waals surface area (Å²) in [5, 5.41) is 11.9. The van der Waals surface area contributed by atoms with Crippen LogP contribution in [0.25, 0.3) is 11.3 Å². The first-order chi connectivity index (χ1) is 11.6. The van der Waals surface area contributed by atoms with Crippen LogP contribution in [0.1, 0.15) is 36.3 Å². The third-order valence-corrected chi connectivity index (χ3v) is 5.12. The van der Waals surface area contributed by atoms with E-state index in [0.717, 1.165) is 11.3 Å². The topological polar surface area (TPSA) is 63.0 Å². The van der Waals surface area contributed by atoms with Crippen LogP contribution in [-0.2, 0) is 9.53 Å². The van der Waals surface area contributed by atoms with Crippen molar-refractivity contribution in [2.45, 2.75) is 38.7 Å². The van der Waals surface area contributed by atoms with Gasteiger partial charge in [-0.25, -0.2) is 4.98 Å². The SMILES string of the molecule is Cc1ccc(-c2csc(C(C#N)C(=O)C(C)OCC3CC3)n2)cc1. The van der Waals surface area contributed by atoms with Crippen molar-refractivity contribution in [3.05, 3.63) is 40.2 Å². The molecule has 0 spiro atoms. The lowest BCUT2D eigenvalue weighted by Gasteiger charge is -2.13. The van der Waals surface area contributed by atoms with Gasteiger partial charge in [-0.2, -0.15) is 5.26 Å². The lowest BCUT2D eigenvalue weighted by Crippen LogP contribution is -2.27. The standard InChI is InChI=1S/C19H20N2O2S/c1-12-3-7-15(8-4-12)17-11-24-19(21-17)16(9-20)18(22)13(2)23-10-14-5-6-14/h3-4,7-8,11,13-14,16H,5-6,10H2,1-2H3. The predicted molar refractivity (Wildman–Crippen MR) is 93.8 cm³/mol. The van der Waals surface area contributed by atoms with Gasteiger partial charge in [-0.15, -0.1) is 11.3 Å². The van der Waals surface area contributed by atoms with Crippen LogP contribution >= 0.6 is 11.3 Å². The zero-order valence-corrected chi connectivity index (χ0v) is 14.7. The van der Waals surface area contributed by atoms with Crippen molar-refractivity contribution in [1.82, 2.24) is 4.98 Å². The highest BCUT2D eigenvalue weighted by Crippen LogP contribution is 2.31. The van der Waals surface area contributed by atoms with Gasteiger partial charge in [0.15, 0.2) is 11.7 Å². The van der Waals surface area contributed by atoms with Crippen LogP contribution < -0.4 is 0 Å². The number of ether oxygens (including phenoxy) is 1. The molecule has 2 aromatic rings. The van der Waals surface area contributed by atoms with Gasteiger partial charge >= 0.3 is 0 Å². The lowest BCUT2D eigenvalue weighted by atomic mass is 10.0. The second-order valence-corrected chi connectivity index (χ2v) is 7.21. The Morgan fingerprint density at radius 2 is 2.12 bits per heavy atom. The van der Waals surface area contributed by atoms with Gasteiger partial charge in [0.25, 0.3) is 0 Å². The number of aryl methyl sites for hydroxylation is 1. The van der Waals surface area contributed by atoms with Gasteiger partial charge in [-0.1, -0.05) is 29.8 Å². The van der Waals surface area contributed by atoms with E-state index in [1.165, 1.54) is 29.7 Å². The minimum Gasteiger partial charge on any atom is -0.370 e. The van der Waals surface area contributed by atoms with Gasteiger partial charge in [0.1, 0.15) is 11.1 Å². The van der Waals surface area contributed by atoms with Crippen LogP contribution in [0.15, 0.2) is 29.6 Å². The predicted octanol–water partition coefficient (Wildman–Crippen LogP) is 4.11. The van der Waals surface area contributed by atoms with Crippen molar-refractivity contribution < 1.29 is 9.53 Å². The number of benzene rings is 1. The second kappa shape index (κ2) is 7.25. The highest BCUT2D eigenvalue weighted by atomic mass is 32.1. The summed E-state index contributed by atoms with van der Waals surface area (Å²) in [5.41, 5.74) is 2.97. The van der Waals surface area contributed by atoms with Gasteiger partial charge in [0.2, 0.25) is 0 Å². The number of aromatic nitrogens is 1. The molecule has 0 aliphatic heterocycles. The Labute approximate surface area is 146 Å². The first kappa shape index (κ1) is 16.8. The number of thiazole rings is 1. The molecule has 5 heteroatoms. The zero-order chi connectivity index (χ0) is 17.1. The summed E-state index contributed by atoms with van der Waals surface area (Å²) in [7, 11) is 0. The van der Waals surface area contributed by atoms with Gasteiger partial charge in [-0.05, 0) is 32.6 Å². The van der Waals surface area contributed by atoms with E-state index in [1.54, 1.807) is 6.92 Å². The van der Waals surface area contributed by atoms with Crippen LogP contribution in [0.4, 0.5) is 0 Å². The second-order valence-electron chi connectivity index (χ2n) is 6.32. The van der Waals surface area contributed by atoms with E-state index in [-0.39, 0.29) is 5.78 Å². The molecule has 1 fully saturated rings. The summed E-state index contributed by atoms with van der Waals surface area (Å²) in [6.07, 6.45) is 1.78. The fraction of sp³-hybridized carbons (Fsp3) is 0.421. The maximum atomic E-state index is 12.5. The first-order valence-electron chi connectivity index (χ1n) is 8.16. The third-order valence-electron chi connectivity index (χ3n) is 4.21. The normalized spacial score (nSPS) is 16.4. The average molecular weight is 340 g/mol. The van der Waals surface area contributed by atoms with Crippen molar-refractivity contribution >= 4 is 17.1 Å². The Morgan fingerprint density at radius 1 is 1.42 bits per heavy atom. The number of hydrogen-bond donors (Lipinski definition) is 0. The smallest absolute Gasteiger partial charge is 0.185 e. The molecule has 0 N–H and O–H groups in total. The molecule has 0 bridgehead atoms. The number of nitrogens with zero attached hydrogens (tertiary/aromatic N) is 2. The Morgan fingerprint density at radius 3 is 2.75 bits per heavy atom. The van der Waals surface area contributed by atoms with E-state index >= 15 is 0 Å². The number of hydrogen-bond acceptors (Lipinski definition) is 5. The Kier molecular flexibility index (Phi) is 5.08. The summed E-state index contributed by atoms with van der Waals surface area (Å²) in [5.74, 6) is -0.472. The molecular weight excluding hydrogens is 320 g/mol. The van der Waals surface area contributed by atoms with Crippen molar-refractivity contribution in [1.29, 1.82) is 5.26 Å². The molecule has 2 unspecified atom stereocenters. The van der Waals surface area contributed by atoms with Crippen LogP contribution in [-0.4, -0.2) is 23.5 Å². The van der Waals surface area contributed by atoms with Crippen molar-refractivity contribution in [3.63, 3.8) is 0 Å². The minimum absolute atomic E-state index is 0.206. The first-order valence-corrected chi connectivity index (χ1v) is 9.04. The summed E-state index contributed by atoms with van der Waals surface area (Å²) in [4.78, 5) is 17.0. The van der Waals surface area contributed by atoms with E-state index in [0.29, 0.717) is 17.5 Å². The Balaban J connectivity index is 1.72. The number of nitriles is 1. The Hall–Kier alpha value is -2.03. The van der Waals surface area contributed by atoms with Gasteiger partial charge in [-0.3, -0.25) is 4.79 Å². The maximum absolute atomic E-state index is 12.5. The zero-order valence-electron chi connectivity index (χ0n) is 13.9. The third kappa shape index (κ3) is 3.89. The van der Waals surface area contributed by atoms with Crippen LogP contribution in [0.3, 0.4) is 0 Å². The molecule has 3 rings (SSSR count). The molecule has 24 heavy (non-hydrogen) atoms. The summed E-state index contributed by atoms with van der Waals surface area (Å²) in [6.45, 7) is 4.37. The molecule has 1 heterocycles. The molecule has 1 aromatic carbocycles. The van der Waals surface area contributed by atoms with Gasteiger partial charge in [0.05, 0.1) is 18.4 Å². The molecule has 1 aliphatic rings. The Bertz CT molecular complexity index is 756. The average Bonchev–Trinajstić information content (AvgIpc) is 3.30. The molecule has 2 atom stereocenters. The molecule has 1 aromatic heterocycles. The molecule has 124 valence electrons. The highest BCUT2D eigenvalue weighted by Gasteiger charge is 2.30. The monoisotopic (exact) mass is 340 g/mol. The van der Waals surface area contributed by atoms with E-state index in [9.17, 15) is 10.1 Å². The maximum Gasteiger partial charge on any atom is 0.185 e. The molecule has 0 radical (unpaired) electrons. The summed E-state index contributed by atoms with van der Waals surface area (Å²) >= 11 is 1.35. The fourth-order valence-electron chi connectivity index (χ4n) is 2.40. The van der Waals surface area contributed by atoms with Crippen molar-refractivity contribution in [2.24, 2.45) is 5.92 Å². The van der Waals surface area contributed by atoms with Crippen LogP contribution in [0.2, 0.25) is 0 Å². The molecular formula is C19H20N2O2S. The molecule has 1 saturated carbocycles. The van der Waals surface area contributed by atoms with Crippen molar-refractivity contribution in [2.75, 3.05) is 6.61 Å². The van der Waals surface area contributed by atoms with Crippen LogP contribution in [0, 0.1) is 24.2 Å². The molecule has 0 amide bonds. The van der Waals surface area contributed by atoms with Gasteiger partial charge < -0.3 is 4.74 Å². The number of carbonyl (C=O) groups excluding carboxylic acids is 1. The molecule has 0 saturated heterocycles. The number of rotatable bonds is 7. The summed E-state index contributed by atoms with van der Waals surface area (Å²) in [6, 6.07) is 10.1. The van der Waals surface area contributed by atoms with Crippen LogP contribution in [0.5, 0.6) is 0 Å². The lowest BCUT2D eigenvalue weighted by molar-refractivity contribution is -0.130. The van der Waals surface area contributed by atoms with E-state index < -0.39 is 12.0 Å².